The van der Waals surface area contributed by atoms with Gasteiger partial charge in [-0.25, -0.2) is 9.02 Å². The second-order valence-corrected chi connectivity index (χ2v) is 4.35. The third kappa shape index (κ3) is 3.72. The van der Waals surface area contributed by atoms with Crippen LogP contribution in [0.3, 0.4) is 0 Å². The number of nitrogens with zero attached hydrogens (tertiary/aromatic N) is 2. The standard InChI is InChI=1S/C14H12ClFN2O2/c1-10-13(18-20-17-10)9-19-14-8-11(4-2-3-7-15)5-6-12(14)16/h5-6,8H,3,7,9H2,1H3. The van der Waals surface area contributed by atoms with Gasteiger partial charge in [0, 0.05) is 17.9 Å². The highest BCUT2D eigenvalue weighted by molar-refractivity contribution is 6.18. The van der Waals surface area contributed by atoms with E-state index in [1.165, 1.54) is 6.07 Å². The van der Waals surface area contributed by atoms with Crippen LogP contribution >= 0.6 is 11.6 Å². The molecule has 0 saturated carbocycles. The molecule has 0 aliphatic carbocycles. The average molecular weight is 295 g/mol. The van der Waals surface area contributed by atoms with Crippen LogP contribution in [0.4, 0.5) is 4.39 Å². The Balaban J connectivity index is 2.09. The highest BCUT2D eigenvalue weighted by atomic mass is 35.5. The molecule has 0 aliphatic heterocycles. The summed E-state index contributed by atoms with van der Waals surface area (Å²) in [6.07, 6.45) is 0.582. The summed E-state index contributed by atoms with van der Waals surface area (Å²) >= 11 is 5.54. The molecule has 20 heavy (non-hydrogen) atoms. The molecule has 4 nitrogen and oxygen atoms in total. The van der Waals surface area contributed by atoms with E-state index in [2.05, 4.69) is 26.8 Å². The van der Waals surface area contributed by atoms with Crippen molar-refractivity contribution >= 4 is 11.6 Å². The normalized spacial score (nSPS) is 9.95. The summed E-state index contributed by atoms with van der Waals surface area (Å²) in [6.45, 7) is 1.82. The van der Waals surface area contributed by atoms with Gasteiger partial charge in [-0.2, -0.15) is 0 Å². The molecular formula is C14H12ClFN2O2. The van der Waals surface area contributed by atoms with E-state index >= 15 is 0 Å². The van der Waals surface area contributed by atoms with E-state index in [0.29, 0.717) is 29.3 Å². The van der Waals surface area contributed by atoms with Gasteiger partial charge in [0.25, 0.3) is 0 Å². The van der Waals surface area contributed by atoms with Crippen LogP contribution in [0.15, 0.2) is 22.8 Å². The van der Waals surface area contributed by atoms with Crippen LogP contribution in [0.1, 0.15) is 23.4 Å². The molecule has 1 aromatic heterocycles. The van der Waals surface area contributed by atoms with Gasteiger partial charge in [0.05, 0.1) is 0 Å². The fraction of sp³-hybridized carbons (Fsp3) is 0.286. The molecule has 0 bridgehead atoms. The highest BCUT2D eigenvalue weighted by Gasteiger charge is 2.09. The number of aromatic nitrogens is 2. The maximum absolute atomic E-state index is 13.6. The number of hydrogen-bond donors (Lipinski definition) is 0. The first-order valence-electron chi connectivity index (χ1n) is 5.96. The molecule has 0 radical (unpaired) electrons. The van der Waals surface area contributed by atoms with Gasteiger partial charge in [-0.15, -0.1) is 11.6 Å². The minimum atomic E-state index is -0.456. The summed E-state index contributed by atoms with van der Waals surface area (Å²) < 4.78 is 23.6. The van der Waals surface area contributed by atoms with Crippen molar-refractivity contribution in [3.63, 3.8) is 0 Å². The molecule has 0 aliphatic rings. The predicted molar refractivity (Wildman–Crippen MR) is 72.0 cm³/mol. The lowest BCUT2D eigenvalue weighted by Gasteiger charge is -2.05. The van der Waals surface area contributed by atoms with Crippen LogP contribution < -0.4 is 4.74 Å². The van der Waals surface area contributed by atoms with Gasteiger partial charge in [-0.1, -0.05) is 22.2 Å². The summed E-state index contributed by atoms with van der Waals surface area (Å²) in [5, 5.41) is 7.29. The first kappa shape index (κ1) is 14.4. The molecule has 104 valence electrons. The topological polar surface area (TPSA) is 48.2 Å². The van der Waals surface area contributed by atoms with E-state index in [0.717, 1.165) is 0 Å². The number of hydrogen-bond acceptors (Lipinski definition) is 4. The van der Waals surface area contributed by atoms with E-state index in [1.807, 2.05) is 0 Å². The van der Waals surface area contributed by atoms with E-state index in [4.69, 9.17) is 16.3 Å². The fourth-order valence-electron chi connectivity index (χ4n) is 1.43. The molecule has 0 saturated heterocycles. The van der Waals surface area contributed by atoms with E-state index < -0.39 is 5.82 Å². The Hall–Kier alpha value is -2.06. The smallest absolute Gasteiger partial charge is 0.165 e. The number of benzene rings is 1. The molecular weight excluding hydrogens is 283 g/mol. The second-order valence-electron chi connectivity index (χ2n) is 3.97. The molecule has 0 spiro atoms. The summed E-state index contributed by atoms with van der Waals surface area (Å²) in [6, 6.07) is 4.44. The number of rotatable bonds is 4. The third-order valence-corrected chi connectivity index (χ3v) is 2.68. The molecule has 2 aromatic rings. The number of alkyl halides is 1. The molecule has 1 aromatic carbocycles. The summed E-state index contributed by atoms with van der Waals surface area (Å²) in [5.74, 6) is 5.90. The van der Waals surface area contributed by atoms with Gasteiger partial charge in [-0.05, 0) is 25.1 Å². The number of aryl methyl sites for hydroxylation is 1. The van der Waals surface area contributed by atoms with Gasteiger partial charge in [-0.3, -0.25) is 0 Å². The lowest BCUT2D eigenvalue weighted by atomic mass is 10.2. The van der Waals surface area contributed by atoms with Crippen LogP contribution in [-0.4, -0.2) is 16.2 Å². The van der Waals surface area contributed by atoms with Crippen LogP contribution in [0.5, 0.6) is 5.75 Å². The van der Waals surface area contributed by atoms with E-state index in [9.17, 15) is 4.39 Å². The first-order valence-corrected chi connectivity index (χ1v) is 6.49. The molecule has 1 heterocycles. The van der Waals surface area contributed by atoms with Crippen molar-refractivity contribution in [2.24, 2.45) is 0 Å². The zero-order chi connectivity index (χ0) is 14.4. The quantitative estimate of drug-likeness (QED) is 0.642. The average Bonchev–Trinajstić information content (AvgIpc) is 2.85. The summed E-state index contributed by atoms with van der Waals surface area (Å²) in [7, 11) is 0. The molecule has 0 atom stereocenters. The van der Waals surface area contributed by atoms with Gasteiger partial charge >= 0.3 is 0 Å². The van der Waals surface area contributed by atoms with Crippen LogP contribution in [0.2, 0.25) is 0 Å². The zero-order valence-corrected chi connectivity index (χ0v) is 11.6. The Kier molecular flexibility index (Phi) is 4.97. The Morgan fingerprint density at radius 2 is 2.25 bits per heavy atom. The molecule has 0 N–H and O–H groups in total. The largest absolute Gasteiger partial charge is 0.484 e. The van der Waals surface area contributed by atoms with Crippen molar-refractivity contribution in [1.29, 1.82) is 0 Å². The molecule has 0 unspecified atom stereocenters. The lowest BCUT2D eigenvalue weighted by Crippen LogP contribution is -1.99. The molecule has 2 rings (SSSR count). The zero-order valence-electron chi connectivity index (χ0n) is 10.8. The van der Waals surface area contributed by atoms with E-state index in [1.54, 1.807) is 19.1 Å². The minimum absolute atomic E-state index is 0.0881. The predicted octanol–water partition coefficient (Wildman–Crippen LogP) is 3.08. The Labute approximate surface area is 120 Å². The van der Waals surface area contributed by atoms with Crippen LogP contribution in [0.25, 0.3) is 0 Å². The van der Waals surface area contributed by atoms with Crippen molar-refractivity contribution in [1.82, 2.24) is 10.3 Å². The van der Waals surface area contributed by atoms with Gasteiger partial charge < -0.3 is 4.74 Å². The van der Waals surface area contributed by atoms with Crippen LogP contribution in [0, 0.1) is 24.6 Å². The van der Waals surface area contributed by atoms with Crippen LogP contribution in [-0.2, 0) is 6.61 Å². The molecule has 6 heteroatoms. The van der Waals surface area contributed by atoms with E-state index in [-0.39, 0.29) is 12.4 Å². The molecule has 0 amide bonds. The van der Waals surface area contributed by atoms with Gasteiger partial charge in [0.2, 0.25) is 0 Å². The maximum atomic E-state index is 13.6. The Morgan fingerprint density at radius 3 is 2.95 bits per heavy atom. The lowest BCUT2D eigenvalue weighted by molar-refractivity contribution is 0.262. The maximum Gasteiger partial charge on any atom is 0.165 e. The minimum Gasteiger partial charge on any atom is -0.484 e. The number of halogens is 2. The van der Waals surface area contributed by atoms with Crippen molar-refractivity contribution in [2.75, 3.05) is 5.88 Å². The summed E-state index contributed by atoms with van der Waals surface area (Å²) in [5.41, 5.74) is 1.81. The SMILES string of the molecule is Cc1nonc1COc1cc(C#CCCCl)ccc1F. The Morgan fingerprint density at radius 1 is 1.40 bits per heavy atom. The van der Waals surface area contributed by atoms with Crippen molar-refractivity contribution in [3.8, 4) is 17.6 Å². The first-order chi connectivity index (χ1) is 9.70. The van der Waals surface area contributed by atoms with Crippen molar-refractivity contribution in [3.05, 3.63) is 41.0 Å². The van der Waals surface area contributed by atoms with Gasteiger partial charge in [0.1, 0.15) is 18.0 Å². The van der Waals surface area contributed by atoms with Gasteiger partial charge in [0.15, 0.2) is 11.6 Å². The monoisotopic (exact) mass is 294 g/mol. The fourth-order valence-corrected chi connectivity index (χ4v) is 1.52. The molecule has 0 fully saturated rings. The Bertz CT molecular complexity index is 646. The van der Waals surface area contributed by atoms with Crippen molar-refractivity contribution < 1.29 is 13.8 Å². The number of ether oxygens (including phenoxy) is 1. The third-order valence-electron chi connectivity index (χ3n) is 2.49. The van der Waals surface area contributed by atoms with Crippen molar-refractivity contribution in [2.45, 2.75) is 20.0 Å². The highest BCUT2D eigenvalue weighted by Crippen LogP contribution is 2.20. The summed E-state index contributed by atoms with van der Waals surface area (Å²) in [4.78, 5) is 0. The second kappa shape index (κ2) is 6.92.